The first kappa shape index (κ1) is 12.5. The fraction of sp³-hybridized carbons (Fsp3) is 0.417. The Bertz CT molecular complexity index is 333. The normalized spacial score (nSPS) is 11.3. The van der Waals surface area contributed by atoms with Gasteiger partial charge in [0.1, 0.15) is 12.4 Å². The zero-order chi connectivity index (χ0) is 11.8. The lowest BCUT2D eigenvalue weighted by Gasteiger charge is -2.04. The van der Waals surface area contributed by atoms with Gasteiger partial charge in [-0.05, 0) is 43.7 Å². The second-order valence-electron chi connectivity index (χ2n) is 3.19. The van der Waals surface area contributed by atoms with Gasteiger partial charge in [0.05, 0.1) is 18.9 Å². The van der Waals surface area contributed by atoms with Gasteiger partial charge in [-0.2, -0.15) is 0 Å². The quantitative estimate of drug-likeness (QED) is 0.454. The van der Waals surface area contributed by atoms with Crippen molar-refractivity contribution in [1.82, 2.24) is 0 Å². The third-order valence-corrected chi connectivity index (χ3v) is 1.97. The Hall–Kier alpha value is -1.55. The van der Waals surface area contributed by atoms with Crippen LogP contribution in [0.15, 0.2) is 29.4 Å². The summed E-state index contributed by atoms with van der Waals surface area (Å²) in [6.07, 6.45) is 0. The Kier molecular flexibility index (Phi) is 5.36. The molecule has 1 aromatic carbocycles. The van der Waals surface area contributed by atoms with Crippen molar-refractivity contribution in [1.29, 1.82) is 0 Å². The van der Waals surface area contributed by atoms with Crippen LogP contribution in [0.5, 0.6) is 5.75 Å². The third-order valence-electron chi connectivity index (χ3n) is 1.97. The summed E-state index contributed by atoms with van der Waals surface area (Å²) in [5.74, 6) is 0.843. The molecule has 4 nitrogen and oxygen atoms in total. The fourth-order valence-corrected chi connectivity index (χ4v) is 1.20. The molecule has 0 aliphatic rings. The van der Waals surface area contributed by atoms with Crippen LogP contribution in [-0.4, -0.2) is 30.6 Å². The summed E-state index contributed by atoms with van der Waals surface area (Å²) in [5, 5.41) is 12.4. The largest absolute Gasteiger partial charge is 0.494 e. The first-order chi connectivity index (χ1) is 7.77. The maximum atomic E-state index is 8.53. The first-order valence-electron chi connectivity index (χ1n) is 5.28. The highest BCUT2D eigenvalue weighted by Gasteiger charge is 1.98. The molecule has 0 unspecified atom stereocenters. The molecule has 0 bridgehead atoms. The third kappa shape index (κ3) is 3.90. The van der Waals surface area contributed by atoms with E-state index in [1.54, 1.807) is 0 Å². The van der Waals surface area contributed by atoms with Gasteiger partial charge in [0, 0.05) is 0 Å². The number of rotatable bonds is 6. The van der Waals surface area contributed by atoms with Crippen LogP contribution in [0.4, 0.5) is 0 Å². The van der Waals surface area contributed by atoms with Gasteiger partial charge >= 0.3 is 0 Å². The van der Waals surface area contributed by atoms with Gasteiger partial charge in [-0.15, -0.1) is 0 Å². The molecule has 1 N–H and O–H groups in total. The maximum Gasteiger partial charge on any atom is 0.140 e. The highest BCUT2D eigenvalue weighted by Crippen LogP contribution is 2.12. The van der Waals surface area contributed by atoms with E-state index in [0.29, 0.717) is 6.61 Å². The Morgan fingerprint density at radius 3 is 2.56 bits per heavy atom. The molecule has 88 valence electrons. The van der Waals surface area contributed by atoms with E-state index in [2.05, 4.69) is 5.16 Å². The fourth-order valence-electron chi connectivity index (χ4n) is 1.20. The molecule has 0 aliphatic heterocycles. The first-order valence-corrected chi connectivity index (χ1v) is 5.28. The SMILES string of the molecule is CCOc1ccc(/C(C)=N\OCCO)cc1. The lowest BCUT2D eigenvalue weighted by Crippen LogP contribution is -2.00. The topological polar surface area (TPSA) is 51.0 Å². The van der Waals surface area contributed by atoms with Gasteiger partial charge in [0.15, 0.2) is 0 Å². The van der Waals surface area contributed by atoms with E-state index in [9.17, 15) is 0 Å². The molecule has 0 saturated carbocycles. The zero-order valence-electron chi connectivity index (χ0n) is 9.64. The van der Waals surface area contributed by atoms with Crippen LogP contribution < -0.4 is 4.74 Å². The monoisotopic (exact) mass is 223 g/mol. The number of aliphatic hydroxyl groups is 1. The Balaban J connectivity index is 2.62. The van der Waals surface area contributed by atoms with Crippen molar-refractivity contribution in [2.24, 2.45) is 5.16 Å². The molecule has 1 aromatic rings. The molecule has 1 rings (SSSR count). The lowest BCUT2D eigenvalue weighted by molar-refractivity contribution is 0.0986. The molecule has 0 radical (unpaired) electrons. The summed E-state index contributed by atoms with van der Waals surface area (Å²) in [6.45, 7) is 4.65. The van der Waals surface area contributed by atoms with Crippen molar-refractivity contribution in [3.8, 4) is 5.75 Å². The molecule has 4 heteroatoms. The number of nitrogens with zero attached hydrogens (tertiary/aromatic N) is 1. The minimum absolute atomic E-state index is 0.0277. The van der Waals surface area contributed by atoms with Gasteiger partial charge in [0.2, 0.25) is 0 Å². The van der Waals surface area contributed by atoms with E-state index in [4.69, 9.17) is 14.7 Å². The van der Waals surface area contributed by atoms with Crippen LogP contribution >= 0.6 is 0 Å². The number of ether oxygens (including phenoxy) is 1. The Morgan fingerprint density at radius 1 is 1.31 bits per heavy atom. The van der Waals surface area contributed by atoms with Crippen molar-refractivity contribution in [3.63, 3.8) is 0 Å². The van der Waals surface area contributed by atoms with E-state index in [1.165, 1.54) is 0 Å². The number of aliphatic hydroxyl groups excluding tert-OH is 1. The number of hydrogen-bond acceptors (Lipinski definition) is 4. The standard InChI is InChI=1S/C12H17NO3/c1-3-15-12-6-4-11(5-7-12)10(2)13-16-9-8-14/h4-7,14H,3,8-9H2,1-2H3/b13-10-. The number of benzene rings is 1. The molecule has 0 aromatic heterocycles. The Labute approximate surface area is 95.5 Å². The van der Waals surface area contributed by atoms with Gasteiger partial charge in [-0.25, -0.2) is 0 Å². The summed E-state index contributed by atoms with van der Waals surface area (Å²) < 4.78 is 5.33. The van der Waals surface area contributed by atoms with Crippen molar-refractivity contribution in [3.05, 3.63) is 29.8 Å². The lowest BCUT2D eigenvalue weighted by atomic mass is 10.1. The van der Waals surface area contributed by atoms with Gasteiger partial charge < -0.3 is 14.7 Å². The Morgan fingerprint density at radius 2 is 2.00 bits per heavy atom. The second kappa shape index (κ2) is 6.85. The molecular weight excluding hydrogens is 206 g/mol. The van der Waals surface area contributed by atoms with Crippen LogP contribution in [0.25, 0.3) is 0 Å². The summed E-state index contributed by atoms with van der Waals surface area (Å²) in [6, 6.07) is 7.63. The van der Waals surface area contributed by atoms with E-state index in [1.807, 2.05) is 38.1 Å². The molecule has 0 fully saturated rings. The molecule has 0 amide bonds. The van der Waals surface area contributed by atoms with Gasteiger partial charge in [-0.1, -0.05) is 5.16 Å². The summed E-state index contributed by atoms with van der Waals surface area (Å²) in [7, 11) is 0. The average Bonchev–Trinajstić information content (AvgIpc) is 2.30. The molecule has 0 aliphatic carbocycles. The van der Waals surface area contributed by atoms with Crippen molar-refractivity contribution >= 4 is 5.71 Å². The molecule has 0 spiro atoms. The smallest absolute Gasteiger partial charge is 0.140 e. The number of hydrogen-bond donors (Lipinski definition) is 1. The van der Waals surface area contributed by atoms with Crippen molar-refractivity contribution < 1.29 is 14.7 Å². The van der Waals surface area contributed by atoms with Crippen LogP contribution in [0, 0.1) is 0 Å². The minimum atomic E-state index is -0.0277. The summed E-state index contributed by atoms with van der Waals surface area (Å²) >= 11 is 0. The summed E-state index contributed by atoms with van der Waals surface area (Å²) in [5.41, 5.74) is 1.75. The zero-order valence-corrected chi connectivity index (χ0v) is 9.64. The molecule has 16 heavy (non-hydrogen) atoms. The van der Waals surface area contributed by atoms with Crippen LogP contribution in [0.3, 0.4) is 0 Å². The van der Waals surface area contributed by atoms with Crippen LogP contribution in [0.1, 0.15) is 19.4 Å². The molecular formula is C12H17NO3. The average molecular weight is 223 g/mol. The highest BCUT2D eigenvalue weighted by atomic mass is 16.6. The van der Waals surface area contributed by atoms with E-state index >= 15 is 0 Å². The highest BCUT2D eigenvalue weighted by molar-refractivity contribution is 5.98. The van der Waals surface area contributed by atoms with E-state index in [0.717, 1.165) is 17.0 Å². The van der Waals surface area contributed by atoms with Crippen LogP contribution in [0.2, 0.25) is 0 Å². The van der Waals surface area contributed by atoms with E-state index in [-0.39, 0.29) is 13.2 Å². The summed E-state index contributed by atoms with van der Waals surface area (Å²) in [4.78, 5) is 4.88. The van der Waals surface area contributed by atoms with Gasteiger partial charge in [-0.3, -0.25) is 0 Å². The predicted octanol–water partition coefficient (Wildman–Crippen LogP) is 1.82. The van der Waals surface area contributed by atoms with E-state index < -0.39 is 0 Å². The van der Waals surface area contributed by atoms with Crippen LogP contribution in [-0.2, 0) is 4.84 Å². The van der Waals surface area contributed by atoms with Crippen molar-refractivity contribution in [2.75, 3.05) is 19.8 Å². The number of oxime groups is 1. The second-order valence-corrected chi connectivity index (χ2v) is 3.19. The molecule has 0 saturated heterocycles. The molecule has 0 atom stereocenters. The van der Waals surface area contributed by atoms with Crippen molar-refractivity contribution in [2.45, 2.75) is 13.8 Å². The molecule has 0 heterocycles. The maximum absolute atomic E-state index is 8.53. The predicted molar refractivity (Wildman–Crippen MR) is 62.9 cm³/mol. The minimum Gasteiger partial charge on any atom is -0.494 e. The van der Waals surface area contributed by atoms with Gasteiger partial charge in [0.25, 0.3) is 0 Å².